The van der Waals surface area contributed by atoms with Crippen LogP contribution >= 0.6 is 12.2 Å². The van der Waals surface area contributed by atoms with Crippen molar-refractivity contribution in [2.75, 3.05) is 5.32 Å². The summed E-state index contributed by atoms with van der Waals surface area (Å²) in [5.74, 6) is -0.0341. The first kappa shape index (κ1) is 14.1. The van der Waals surface area contributed by atoms with Gasteiger partial charge in [-0.15, -0.1) is 0 Å². The number of amides is 1. The van der Waals surface area contributed by atoms with Crippen LogP contribution in [0.1, 0.15) is 18.4 Å². The van der Waals surface area contributed by atoms with E-state index in [0.29, 0.717) is 24.4 Å². The van der Waals surface area contributed by atoms with Crippen molar-refractivity contribution in [3.8, 4) is 0 Å². The Morgan fingerprint density at radius 3 is 2.70 bits per heavy atom. The van der Waals surface area contributed by atoms with Gasteiger partial charge in [-0.05, 0) is 30.7 Å². The zero-order chi connectivity index (χ0) is 14.4. The van der Waals surface area contributed by atoms with Gasteiger partial charge in [-0.3, -0.25) is 9.48 Å². The molecule has 104 valence electrons. The second kappa shape index (κ2) is 6.76. The monoisotopic (exact) mass is 289 g/mol. The van der Waals surface area contributed by atoms with Crippen LogP contribution in [0.4, 0.5) is 5.69 Å². The third kappa shape index (κ3) is 4.13. The maximum atomic E-state index is 11.8. The summed E-state index contributed by atoms with van der Waals surface area (Å²) < 4.78 is 1.70. The zero-order valence-electron chi connectivity index (χ0n) is 10.8. The van der Waals surface area contributed by atoms with Crippen molar-refractivity contribution in [3.05, 3.63) is 42.5 Å². The highest BCUT2D eigenvalue weighted by atomic mass is 32.1. The minimum Gasteiger partial charge on any atom is -0.389 e. The van der Waals surface area contributed by atoms with Crippen LogP contribution in [0.2, 0.25) is 0 Å². The Bertz CT molecular complexity index is 579. The van der Waals surface area contributed by atoms with E-state index >= 15 is 0 Å². The van der Waals surface area contributed by atoms with Gasteiger partial charge >= 0.3 is 0 Å². The number of carbonyl (C=O) groups is 1. The van der Waals surface area contributed by atoms with Crippen LogP contribution in [0.5, 0.6) is 0 Å². The van der Waals surface area contributed by atoms with E-state index < -0.39 is 0 Å². The van der Waals surface area contributed by atoms with Crippen molar-refractivity contribution in [1.82, 2.24) is 14.8 Å². The Morgan fingerprint density at radius 1 is 1.35 bits per heavy atom. The van der Waals surface area contributed by atoms with E-state index in [2.05, 4.69) is 15.4 Å². The summed E-state index contributed by atoms with van der Waals surface area (Å²) in [5, 5.41) is 6.79. The standard InChI is InChI=1S/C13H15N5OS/c14-13(20)10-3-5-11(6-4-10)17-12(19)2-1-7-18-9-15-8-16-18/h3-6,8-9H,1-2,7H2,(H2,14,20)(H,17,19). The molecule has 7 heteroatoms. The molecule has 0 saturated carbocycles. The van der Waals surface area contributed by atoms with Crippen molar-refractivity contribution >= 4 is 28.8 Å². The van der Waals surface area contributed by atoms with Crippen LogP contribution < -0.4 is 11.1 Å². The van der Waals surface area contributed by atoms with Gasteiger partial charge in [-0.25, -0.2) is 4.98 Å². The van der Waals surface area contributed by atoms with E-state index in [9.17, 15) is 4.79 Å². The molecule has 1 aromatic heterocycles. The summed E-state index contributed by atoms with van der Waals surface area (Å²) in [6, 6.07) is 7.13. The Morgan fingerprint density at radius 2 is 2.10 bits per heavy atom. The molecule has 0 aliphatic rings. The average Bonchev–Trinajstić information content (AvgIpc) is 2.92. The summed E-state index contributed by atoms with van der Waals surface area (Å²) in [5.41, 5.74) is 7.02. The Hall–Kier alpha value is -2.28. The predicted octanol–water partition coefficient (Wildman–Crippen LogP) is 1.33. The second-order valence-electron chi connectivity index (χ2n) is 4.25. The summed E-state index contributed by atoms with van der Waals surface area (Å²) >= 11 is 4.87. The molecule has 0 saturated heterocycles. The lowest BCUT2D eigenvalue weighted by molar-refractivity contribution is -0.116. The molecule has 2 aromatic rings. The highest BCUT2D eigenvalue weighted by Crippen LogP contribution is 2.10. The summed E-state index contributed by atoms with van der Waals surface area (Å²) in [4.78, 5) is 15.9. The molecule has 0 fully saturated rings. The van der Waals surface area contributed by atoms with E-state index in [0.717, 1.165) is 11.3 Å². The largest absolute Gasteiger partial charge is 0.389 e. The van der Waals surface area contributed by atoms with Crippen LogP contribution in [-0.4, -0.2) is 25.7 Å². The number of nitrogens with two attached hydrogens (primary N) is 1. The molecular weight excluding hydrogens is 274 g/mol. The normalized spacial score (nSPS) is 10.2. The number of hydrogen-bond donors (Lipinski definition) is 2. The number of thiocarbonyl (C=S) groups is 1. The van der Waals surface area contributed by atoms with Gasteiger partial charge in [0.1, 0.15) is 17.6 Å². The van der Waals surface area contributed by atoms with E-state index in [1.165, 1.54) is 6.33 Å². The van der Waals surface area contributed by atoms with Crippen molar-refractivity contribution in [3.63, 3.8) is 0 Å². The number of hydrogen-bond acceptors (Lipinski definition) is 4. The first-order valence-corrected chi connectivity index (χ1v) is 6.58. The number of anilines is 1. The average molecular weight is 289 g/mol. The highest BCUT2D eigenvalue weighted by molar-refractivity contribution is 7.80. The molecule has 1 aromatic carbocycles. The molecule has 3 N–H and O–H groups in total. The summed E-state index contributed by atoms with van der Waals surface area (Å²) in [7, 11) is 0. The highest BCUT2D eigenvalue weighted by Gasteiger charge is 2.03. The lowest BCUT2D eigenvalue weighted by Crippen LogP contribution is -2.13. The molecule has 0 radical (unpaired) electrons. The maximum Gasteiger partial charge on any atom is 0.224 e. The lowest BCUT2D eigenvalue weighted by atomic mass is 10.2. The molecule has 0 aliphatic heterocycles. The molecule has 0 spiro atoms. The van der Waals surface area contributed by atoms with Gasteiger partial charge in [0, 0.05) is 24.2 Å². The fraction of sp³-hybridized carbons (Fsp3) is 0.231. The minimum atomic E-state index is -0.0341. The minimum absolute atomic E-state index is 0.0341. The van der Waals surface area contributed by atoms with Crippen molar-refractivity contribution < 1.29 is 4.79 Å². The SMILES string of the molecule is NC(=S)c1ccc(NC(=O)CCCn2cncn2)cc1. The van der Waals surface area contributed by atoms with Crippen LogP contribution in [0.15, 0.2) is 36.9 Å². The van der Waals surface area contributed by atoms with E-state index in [4.69, 9.17) is 18.0 Å². The number of carbonyl (C=O) groups excluding carboxylic acids is 1. The summed E-state index contributed by atoms with van der Waals surface area (Å²) in [6.07, 6.45) is 4.24. The van der Waals surface area contributed by atoms with Crippen molar-refractivity contribution in [2.45, 2.75) is 19.4 Å². The smallest absolute Gasteiger partial charge is 0.224 e. The molecule has 1 amide bonds. The van der Waals surface area contributed by atoms with Crippen LogP contribution in [0.25, 0.3) is 0 Å². The number of aryl methyl sites for hydroxylation is 1. The van der Waals surface area contributed by atoms with Gasteiger partial charge in [-0.2, -0.15) is 5.10 Å². The molecule has 20 heavy (non-hydrogen) atoms. The van der Waals surface area contributed by atoms with Gasteiger partial charge in [0.25, 0.3) is 0 Å². The molecule has 1 heterocycles. The van der Waals surface area contributed by atoms with Gasteiger partial charge < -0.3 is 11.1 Å². The Labute approximate surface area is 122 Å². The molecule has 0 bridgehead atoms. The predicted molar refractivity (Wildman–Crippen MR) is 80.2 cm³/mol. The Balaban J connectivity index is 1.77. The van der Waals surface area contributed by atoms with E-state index in [-0.39, 0.29) is 5.91 Å². The van der Waals surface area contributed by atoms with Gasteiger partial charge in [-0.1, -0.05) is 12.2 Å². The zero-order valence-corrected chi connectivity index (χ0v) is 11.6. The van der Waals surface area contributed by atoms with Gasteiger partial charge in [0.05, 0.1) is 0 Å². The van der Waals surface area contributed by atoms with Crippen LogP contribution in [-0.2, 0) is 11.3 Å². The van der Waals surface area contributed by atoms with Crippen molar-refractivity contribution in [1.29, 1.82) is 0 Å². The molecule has 0 atom stereocenters. The first-order chi connectivity index (χ1) is 9.65. The van der Waals surface area contributed by atoms with Crippen LogP contribution in [0, 0.1) is 0 Å². The van der Waals surface area contributed by atoms with Crippen molar-refractivity contribution in [2.24, 2.45) is 5.73 Å². The molecule has 0 unspecified atom stereocenters. The fourth-order valence-corrected chi connectivity index (χ4v) is 1.83. The van der Waals surface area contributed by atoms with Crippen LogP contribution in [0.3, 0.4) is 0 Å². The number of benzene rings is 1. The number of rotatable bonds is 6. The number of aromatic nitrogens is 3. The topological polar surface area (TPSA) is 85.8 Å². The van der Waals surface area contributed by atoms with Gasteiger partial charge in [0.15, 0.2) is 0 Å². The lowest BCUT2D eigenvalue weighted by Gasteiger charge is -2.06. The maximum absolute atomic E-state index is 11.8. The van der Waals surface area contributed by atoms with Gasteiger partial charge in [0.2, 0.25) is 5.91 Å². The second-order valence-corrected chi connectivity index (χ2v) is 4.69. The fourth-order valence-electron chi connectivity index (χ4n) is 1.69. The number of nitrogens with one attached hydrogen (secondary N) is 1. The quantitative estimate of drug-likeness (QED) is 0.784. The third-order valence-corrected chi connectivity index (χ3v) is 2.95. The third-order valence-electron chi connectivity index (χ3n) is 2.71. The van der Waals surface area contributed by atoms with E-state index in [1.807, 2.05) is 0 Å². The molecular formula is C13H15N5OS. The summed E-state index contributed by atoms with van der Waals surface area (Å²) in [6.45, 7) is 0.674. The first-order valence-electron chi connectivity index (χ1n) is 6.17. The van der Waals surface area contributed by atoms with E-state index in [1.54, 1.807) is 35.3 Å². The molecule has 6 nitrogen and oxygen atoms in total. The molecule has 0 aliphatic carbocycles. The molecule has 2 rings (SSSR count). The Kier molecular flexibility index (Phi) is 4.78. The number of nitrogens with zero attached hydrogens (tertiary/aromatic N) is 3.